The van der Waals surface area contributed by atoms with Crippen LogP contribution in [0.2, 0.25) is 0 Å². The van der Waals surface area contributed by atoms with Gasteiger partial charge >= 0.3 is 5.97 Å². The van der Waals surface area contributed by atoms with Gasteiger partial charge < -0.3 is 15.1 Å². The third-order valence-electron chi connectivity index (χ3n) is 2.71. The van der Waals surface area contributed by atoms with E-state index < -0.39 is 17.0 Å². The van der Waals surface area contributed by atoms with Gasteiger partial charge in [-0.3, -0.25) is 10.1 Å². The zero-order chi connectivity index (χ0) is 14.6. The van der Waals surface area contributed by atoms with E-state index in [0.717, 1.165) is 0 Å². The van der Waals surface area contributed by atoms with E-state index in [-0.39, 0.29) is 16.9 Å². The number of nitrogens with zero attached hydrogens (tertiary/aromatic N) is 2. The normalized spacial score (nSPS) is 11.9. The van der Waals surface area contributed by atoms with Crippen LogP contribution in [0, 0.1) is 10.1 Å². The molecule has 2 N–H and O–H groups in total. The lowest BCUT2D eigenvalue weighted by atomic mass is 10.1. The summed E-state index contributed by atoms with van der Waals surface area (Å²) in [4.78, 5) is 22.8. The number of nitro benzene ring substituents is 1. The molecular formula is C12H16N2O5. The number of anilines is 1. The van der Waals surface area contributed by atoms with Crippen molar-refractivity contribution < 1.29 is 19.9 Å². The molecule has 0 saturated heterocycles. The number of benzene rings is 1. The Morgan fingerprint density at radius 3 is 2.63 bits per heavy atom. The number of hydrogen-bond donors (Lipinski definition) is 2. The van der Waals surface area contributed by atoms with Crippen LogP contribution in [0.25, 0.3) is 0 Å². The lowest BCUT2D eigenvalue weighted by Gasteiger charge is -2.20. The van der Waals surface area contributed by atoms with Crippen LogP contribution in [-0.4, -0.2) is 40.8 Å². The molecule has 0 bridgehead atoms. The molecule has 0 aliphatic heterocycles. The van der Waals surface area contributed by atoms with Gasteiger partial charge in [0.05, 0.1) is 16.6 Å². The summed E-state index contributed by atoms with van der Waals surface area (Å²) >= 11 is 0. The Bertz CT molecular complexity index is 487. The maximum atomic E-state index is 10.9. The van der Waals surface area contributed by atoms with Crippen LogP contribution >= 0.6 is 0 Å². The fourth-order valence-electron chi connectivity index (χ4n) is 1.62. The summed E-state index contributed by atoms with van der Waals surface area (Å²) in [5.74, 6) is -1.14. The highest BCUT2D eigenvalue weighted by atomic mass is 16.6. The molecule has 0 radical (unpaired) electrons. The van der Waals surface area contributed by atoms with Crippen molar-refractivity contribution in [3.05, 3.63) is 33.9 Å². The number of carboxylic acid groups (broad SMARTS) is 1. The molecule has 7 nitrogen and oxygen atoms in total. The predicted molar refractivity (Wildman–Crippen MR) is 69.6 cm³/mol. The summed E-state index contributed by atoms with van der Waals surface area (Å²) in [6, 6.07) is 3.65. The van der Waals surface area contributed by atoms with Crippen molar-refractivity contribution in [3.8, 4) is 0 Å². The molecular weight excluding hydrogens is 252 g/mol. The van der Waals surface area contributed by atoms with Gasteiger partial charge in [0.15, 0.2) is 0 Å². The lowest BCUT2D eigenvalue weighted by Crippen LogP contribution is -2.23. The first-order valence-electron chi connectivity index (χ1n) is 5.74. The third kappa shape index (κ3) is 3.92. The smallest absolute Gasteiger partial charge is 0.335 e. The Kier molecular flexibility index (Phi) is 4.82. The van der Waals surface area contributed by atoms with Crippen molar-refractivity contribution in [2.75, 3.05) is 18.5 Å². The quantitative estimate of drug-likeness (QED) is 0.598. The number of aliphatic hydroxyl groups is 1. The van der Waals surface area contributed by atoms with Gasteiger partial charge in [0.2, 0.25) is 0 Å². The number of carbonyl (C=O) groups is 1. The monoisotopic (exact) mass is 268 g/mol. The van der Waals surface area contributed by atoms with Crippen molar-refractivity contribution in [1.29, 1.82) is 0 Å². The van der Waals surface area contributed by atoms with Crippen molar-refractivity contribution in [2.45, 2.75) is 19.4 Å². The van der Waals surface area contributed by atoms with E-state index in [1.807, 2.05) is 0 Å². The first kappa shape index (κ1) is 14.9. The van der Waals surface area contributed by atoms with Gasteiger partial charge in [0.25, 0.3) is 5.69 Å². The summed E-state index contributed by atoms with van der Waals surface area (Å²) < 4.78 is 0. The second-order valence-electron chi connectivity index (χ2n) is 4.33. The van der Waals surface area contributed by atoms with Crippen LogP contribution in [0.3, 0.4) is 0 Å². The second-order valence-corrected chi connectivity index (χ2v) is 4.33. The van der Waals surface area contributed by atoms with Gasteiger partial charge in [-0.05, 0) is 25.5 Å². The summed E-state index contributed by atoms with van der Waals surface area (Å²) in [5, 5.41) is 29.1. The van der Waals surface area contributed by atoms with Crippen molar-refractivity contribution in [3.63, 3.8) is 0 Å². The Labute approximate surface area is 110 Å². The fourth-order valence-corrected chi connectivity index (χ4v) is 1.62. The largest absolute Gasteiger partial charge is 0.478 e. The molecule has 7 heteroatoms. The maximum Gasteiger partial charge on any atom is 0.335 e. The molecule has 1 rings (SSSR count). The number of hydrogen-bond acceptors (Lipinski definition) is 5. The van der Waals surface area contributed by atoms with Crippen molar-refractivity contribution in [2.24, 2.45) is 0 Å². The van der Waals surface area contributed by atoms with Crippen LogP contribution in [0.5, 0.6) is 0 Å². The highest BCUT2D eigenvalue weighted by molar-refractivity contribution is 5.90. The molecule has 1 aromatic carbocycles. The van der Waals surface area contributed by atoms with E-state index >= 15 is 0 Å². The number of aliphatic hydroxyl groups excluding tert-OH is 1. The Morgan fingerprint density at radius 2 is 2.16 bits per heavy atom. The average Bonchev–Trinajstić information content (AvgIpc) is 2.34. The Hall–Kier alpha value is -2.15. The van der Waals surface area contributed by atoms with Crippen LogP contribution in [-0.2, 0) is 0 Å². The molecule has 0 aromatic heterocycles. The fraction of sp³-hybridized carbons (Fsp3) is 0.417. The molecule has 1 unspecified atom stereocenters. The first-order chi connectivity index (χ1) is 8.82. The molecule has 104 valence electrons. The van der Waals surface area contributed by atoms with E-state index in [9.17, 15) is 20.0 Å². The highest BCUT2D eigenvalue weighted by Crippen LogP contribution is 2.28. The first-order valence-corrected chi connectivity index (χ1v) is 5.74. The lowest BCUT2D eigenvalue weighted by molar-refractivity contribution is -0.384. The summed E-state index contributed by atoms with van der Waals surface area (Å²) in [6.45, 7) is 2.01. The molecule has 0 saturated carbocycles. The minimum atomic E-state index is -1.14. The standard InChI is InChI=1S/C12H16N2O5/c1-8(15)5-6-13(2)11-7-9(12(16)17)3-4-10(11)14(18)19/h3-4,7-8,15H,5-6H2,1-2H3,(H,16,17). The summed E-state index contributed by atoms with van der Waals surface area (Å²) in [7, 11) is 1.62. The van der Waals surface area contributed by atoms with E-state index in [0.29, 0.717) is 13.0 Å². The third-order valence-corrected chi connectivity index (χ3v) is 2.71. The van der Waals surface area contributed by atoms with Gasteiger partial charge in [0.1, 0.15) is 5.69 Å². The van der Waals surface area contributed by atoms with Crippen LogP contribution in [0.1, 0.15) is 23.7 Å². The predicted octanol–water partition coefficient (Wildman–Crippen LogP) is 1.50. The van der Waals surface area contributed by atoms with Gasteiger partial charge in [-0.1, -0.05) is 0 Å². The molecule has 0 aliphatic carbocycles. The van der Waals surface area contributed by atoms with E-state index in [1.54, 1.807) is 18.9 Å². The molecule has 1 aromatic rings. The molecule has 0 fully saturated rings. The molecule has 1 atom stereocenters. The maximum absolute atomic E-state index is 10.9. The molecule has 0 spiro atoms. The van der Waals surface area contributed by atoms with Crippen molar-refractivity contribution >= 4 is 17.3 Å². The number of nitro groups is 1. The molecule has 0 heterocycles. The van der Waals surface area contributed by atoms with Crippen LogP contribution in [0.4, 0.5) is 11.4 Å². The van der Waals surface area contributed by atoms with Gasteiger partial charge in [0, 0.05) is 19.7 Å². The SMILES string of the molecule is CC(O)CCN(C)c1cc(C(=O)O)ccc1[N+](=O)[O-]. The number of rotatable bonds is 6. The minimum absolute atomic E-state index is 0.00973. The second kappa shape index (κ2) is 6.14. The summed E-state index contributed by atoms with van der Waals surface area (Å²) in [5.41, 5.74) is 0.0631. The molecule has 0 amide bonds. The minimum Gasteiger partial charge on any atom is -0.478 e. The van der Waals surface area contributed by atoms with E-state index in [1.165, 1.54) is 18.2 Å². The van der Waals surface area contributed by atoms with Crippen LogP contribution < -0.4 is 4.90 Å². The topological polar surface area (TPSA) is 104 Å². The Morgan fingerprint density at radius 1 is 1.53 bits per heavy atom. The van der Waals surface area contributed by atoms with Crippen molar-refractivity contribution in [1.82, 2.24) is 0 Å². The van der Waals surface area contributed by atoms with Gasteiger partial charge in [-0.15, -0.1) is 0 Å². The van der Waals surface area contributed by atoms with Gasteiger partial charge in [-0.2, -0.15) is 0 Å². The zero-order valence-electron chi connectivity index (χ0n) is 10.7. The average molecular weight is 268 g/mol. The summed E-state index contributed by atoms with van der Waals surface area (Å²) in [6.07, 6.45) is -0.0885. The van der Waals surface area contributed by atoms with E-state index in [4.69, 9.17) is 5.11 Å². The van der Waals surface area contributed by atoms with Crippen LogP contribution in [0.15, 0.2) is 18.2 Å². The highest BCUT2D eigenvalue weighted by Gasteiger charge is 2.19. The molecule has 0 aliphatic rings. The molecule has 19 heavy (non-hydrogen) atoms. The number of aromatic carboxylic acids is 1. The Balaban J connectivity index is 3.09. The van der Waals surface area contributed by atoms with Gasteiger partial charge in [-0.25, -0.2) is 4.79 Å². The number of carboxylic acids is 1. The van der Waals surface area contributed by atoms with E-state index in [2.05, 4.69) is 0 Å². The zero-order valence-corrected chi connectivity index (χ0v) is 10.7.